The van der Waals surface area contributed by atoms with Crippen molar-refractivity contribution in [3.05, 3.63) is 29.8 Å². The van der Waals surface area contributed by atoms with Crippen molar-refractivity contribution in [2.45, 2.75) is 44.6 Å². The zero-order chi connectivity index (χ0) is 15.6. The van der Waals surface area contributed by atoms with E-state index < -0.39 is 0 Å². The summed E-state index contributed by atoms with van der Waals surface area (Å²) in [6, 6.07) is 12.1. The first-order valence-electron chi connectivity index (χ1n) is 9.30. The molecule has 2 fully saturated rings. The van der Waals surface area contributed by atoms with Gasteiger partial charge in [0.25, 0.3) is 0 Å². The number of nitriles is 1. The van der Waals surface area contributed by atoms with Gasteiger partial charge in [-0.3, -0.25) is 0 Å². The molecule has 3 heteroatoms. The van der Waals surface area contributed by atoms with Crippen molar-refractivity contribution in [2.75, 3.05) is 31.1 Å². The minimum absolute atomic E-state index is 0.318. The Bertz CT molecular complexity index is 583. The normalized spacial score (nSPS) is 28.7. The molecule has 3 nitrogen and oxygen atoms in total. The molecule has 0 N–H and O–H groups in total. The molecule has 0 radical (unpaired) electrons. The van der Waals surface area contributed by atoms with E-state index in [-0.39, 0.29) is 0 Å². The van der Waals surface area contributed by atoms with Crippen molar-refractivity contribution in [3.63, 3.8) is 0 Å². The van der Waals surface area contributed by atoms with Crippen molar-refractivity contribution >= 4 is 5.69 Å². The minimum atomic E-state index is 0.318. The van der Waals surface area contributed by atoms with E-state index >= 15 is 0 Å². The summed E-state index contributed by atoms with van der Waals surface area (Å²) in [6.45, 7) is 4.91. The van der Waals surface area contributed by atoms with Gasteiger partial charge in [-0.05, 0) is 69.2 Å². The Morgan fingerprint density at radius 1 is 1.04 bits per heavy atom. The summed E-state index contributed by atoms with van der Waals surface area (Å²) in [5.74, 6) is 1.16. The quantitative estimate of drug-likeness (QED) is 0.856. The number of hydrogen-bond acceptors (Lipinski definition) is 3. The second-order valence-corrected chi connectivity index (χ2v) is 7.60. The summed E-state index contributed by atoms with van der Waals surface area (Å²) in [5.41, 5.74) is 3.00. The van der Waals surface area contributed by atoms with Crippen molar-refractivity contribution in [1.29, 1.82) is 5.26 Å². The van der Waals surface area contributed by atoms with Crippen LogP contribution in [-0.2, 0) is 6.42 Å². The Kier molecular flexibility index (Phi) is 4.27. The first-order valence-corrected chi connectivity index (χ1v) is 9.30. The lowest BCUT2D eigenvalue weighted by atomic mass is 9.94. The van der Waals surface area contributed by atoms with Gasteiger partial charge in [0.2, 0.25) is 0 Å². The van der Waals surface area contributed by atoms with Gasteiger partial charge in [-0.25, -0.2) is 0 Å². The molecule has 1 saturated heterocycles. The maximum absolute atomic E-state index is 9.09. The predicted octanol–water partition coefficient (Wildman–Crippen LogP) is 3.45. The zero-order valence-electron chi connectivity index (χ0n) is 14.0. The first-order chi connectivity index (χ1) is 11.3. The highest BCUT2D eigenvalue weighted by Gasteiger charge is 2.32. The van der Waals surface area contributed by atoms with E-state index in [1.54, 1.807) is 0 Å². The molecule has 2 atom stereocenters. The Labute approximate surface area is 139 Å². The molecule has 122 valence electrons. The molecule has 1 saturated carbocycles. The SMILES string of the molecule is N#C[C@H]1CC[C@H](N2CCC(CN3CCc4ccccc43)CC2)C1. The molecule has 0 amide bonds. The number of nitrogens with zero attached hydrogens (tertiary/aromatic N) is 3. The van der Waals surface area contributed by atoms with Crippen molar-refractivity contribution in [1.82, 2.24) is 4.90 Å². The third-order valence-electron chi connectivity index (χ3n) is 6.21. The number of benzene rings is 1. The molecule has 0 unspecified atom stereocenters. The molecule has 1 aromatic carbocycles. The van der Waals surface area contributed by atoms with Crippen LogP contribution in [0.2, 0.25) is 0 Å². The molecule has 1 aromatic rings. The molecule has 0 bridgehead atoms. The average Bonchev–Trinajstić information content (AvgIpc) is 3.23. The molecule has 2 aliphatic heterocycles. The maximum atomic E-state index is 9.09. The molecule has 23 heavy (non-hydrogen) atoms. The first kappa shape index (κ1) is 15.0. The van der Waals surface area contributed by atoms with Crippen LogP contribution in [0.4, 0.5) is 5.69 Å². The molecule has 1 aliphatic carbocycles. The van der Waals surface area contributed by atoms with E-state index in [9.17, 15) is 0 Å². The van der Waals surface area contributed by atoms with Gasteiger partial charge in [-0.15, -0.1) is 0 Å². The van der Waals surface area contributed by atoms with Gasteiger partial charge < -0.3 is 9.80 Å². The second-order valence-electron chi connectivity index (χ2n) is 7.60. The Morgan fingerprint density at radius 3 is 2.65 bits per heavy atom. The minimum Gasteiger partial charge on any atom is -0.371 e. The average molecular weight is 309 g/mol. The van der Waals surface area contributed by atoms with Crippen LogP contribution in [0, 0.1) is 23.2 Å². The van der Waals surface area contributed by atoms with Crippen LogP contribution in [0.25, 0.3) is 0 Å². The molecule has 4 rings (SSSR count). The fourth-order valence-corrected chi connectivity index (χ4v) is 4.82. The van der Waals surface area contributed by atoms with E-state index in [0.29, 0.717) is 12.0 Å². The lowest BCUT2D eigenvalue weighted by Gasteiger charge is -2.37. The smallest absolute Gasteiger partial charge is 0.0656 e. The zero-order valence-corrected chi connectivity index (χ0v) is 14.0. The maximum Gasteiger partial charge on any atom is 0.0656 e. The van der Waals surface area contributed by atoms with Crippen molar-refractivity contribution < 1.29 is 0 Å². The molecule has 0 spiro atoms. The van der Waals surface area contributed by atoms with Gasteiger partial charge in [-0.1, -0.05) is 18.2 Å². The number of likely N-dealkylation sites (tertiary alicyclic amines) is 1. The highest BCUT2D eigenvalue weighted by molar-refractivity contribution is 5.57. The van der Waals surface area contributed by atoms with Gasteiger partial charge in [0.05, 0.1) is 6.07 Å². The highest BCUT2D eigenvalue weighted by atomic mass is 15.2. The molecule has 0 aromatic heterocycles. The van der Waals surface area contributed by atoms with Crippen LogP contribution < -0.4 is 4.90 Å². The van der Waals surface area contributed by atoms with Crippen LogP contribution >= 0.6 is 0 Å². The number of fused-ring (bicyclic) bond motifs is 1. The standard InChI is InChI=1S/C20H27N3/c21-14-17-5-6-19(13-17)22-10-7-16(8-11-22)15-23-12-9-18-3-1-2-4-20(18)23/h1-4,16-17,19H,5-13,15H2/t17-,19-/m0/s1. The predicted molar refractivity (Wildman–Crippen MR) is 93.4 cm³/mol. The lowest BCUT2D eigenvalue weighted by molar-refractivity contribution is 0.134. The largest absolute Gasteiger partial charge is 0.371 e. The molecular formula is C20H27N3. The second kappa shape index (κ2) is 6.53. The van der Waals surface area contributed by atoms with Crippen molar-refractivity contribution in [3.8, 4) is 6.07 Å². The van der Waals surface area contributed by atoms with E-state index in [2.05, 4.69) is 40.1 Å². The van der Waals surface area contributed by atoms with Crippen LogP contribution in [0.3, 0.4) is 0 Å². The van der Waals surface area contributed by atoms with Crippen LogP contribution in [0.1, 0.15) is 37.7 Å². The summed E-state index contributed by atoms with van der Waals surface area (Å²) >= 11 is 0. The molecule has 3 aliphatic rings. The summed E-state index contributed by atoms with van der Waals surface area (Å²) in [4.78, 5) is 5.28. The van der Waals surface area contributed by atoms with Crippen molar-refractivity contribution in [2.24, 2.45) is 11.8 Å². The van der Waals surface area contributed by atoms with Crippen LogP contribution in [0.5, 0.6) is 0 Å². The van der Waals surface area contributed by atoms with Gasteiger partial charge in [0.15, 0.2) is 0 Å². The van der Waals surface area contributed by atoms with Gasteiger partial charge >= 0.3 is 0 Å². The monoisotopic (exact) mass is 309 g/mol. The summed E-state index contributed by atoms with van der Waals surface area (Å²) in [6.07, 6.45) is 7.33. The number of anilines is 1. The molecule has 2 heterocycles. The number of para-hydroxylation sites is 1. The van der Waals surface area contributed by atoms with Gasteiger partial charge in [0, 0.05) is 30.7 Å². The fourth-order valence-electron chi connectivity index (χ4n) is 4.82. The summed E-state index contributed by atoms with van der Waals surface area (Å²) in [5, 5.41) is 9.09. The van der Waals surface area contributed by atoms with Crippen LogP contribution in [-0.4, -0.2) is 37.1 Å². The fraction of sp³-hybridized carbons (Fsp3) is 0.650. The Hall–Kier alpha value is -1.53. The van der Waals surface area contributed by atoms with Gasteiger partial charge in [0.1, 0.15) is 0 Å². The van der Waals surface area contributed by atoms with E-state index in [1.165, 1.54) is 63.1 Å². The number of rotatable bonds is 3. The summed E-state index contributed by atoms with van der Waals surface area (Å²) in [7, 11) is 0. The van der Waals surface area contributed by atoms with E-state index in [0.717, 1.165) is 18.8 Å². The van der Waals surface area contributed by atoms with E-state index in [4.69, 9.17) is 5.26 Å². The lowest BCUT2D eigenvalue weighted by Crippen LogP contribution is -2.42. The van der Waals surface area contributed by atoms with Gasteiger partial charge in [-0.2, -0.15) is 5.26 Å². The topological polar surface area (TPSA) is 30.3 Å². The third kappa shape index (κ3) is 3.10. The van der Waals surface area contributed by atoms with E-state index in [1.807, 2.05) is 0 Å². The Morgan fingerprint density at radius 2 is 1.87 bits per heavy atom. The number of piperidine rings is 1. The highest BCUT2D eigenvalue weighted by Crippen LogP contribution is 2.33. The summed E-state index contributed by atoms with van der Waals surface area (Å²) < 4.78 is 0. The molecular weight excluding hydrogens is 282 g/mol. The number of hydrogen-bond donors (Lipinski definition) is 0. The Balaban J connectivity index is 1.29. The third-order valence-corrected chi connectivity index (χ3v) is 6.21. The van der Waals surface area contributed by atoms with Crippen LogP contribution in [0.15, 0.2) is 24.3 Å².